The van der Waals surface area contributed by atoms with E-state index in [1.54, 1.807) is 16.7 Å². The zero-order valence-electron chi connectivity index (χ0n) is 10.6. The zero-order valence-corrected chi connectivity index (χ0v) is 10.6. The fourth-order valence-corrected chi connectivity index (χ4v) is 3.72. The number of anilines is 1. The normalized spacial score (nSPS) is 24.4. The highest BCUT2D eigenvalue weighted by atomic mass is 15.2. The van der Waals surface area contributed by atoms with Crippen LogP contribution in [0.4, 0.5) is 5.69 Å². The highest BCUT2D eigenvalue weighted by Gasteiger charge is 2.39. The van der Waals surface area contributed by atoms with Crippen LogP contribution in [-0.4, -0.2) is 13.1 Å². The number of nitrogens with zero attached hydrogens (tertiary/aromatic N) is 1. The SMILES string of the molecule is CN1c2ccccc2C2Cc3ccccc3CC21. The molecule has 0 aromatic heterocycles. The molecule has 0 saturated heterocycles. The van der Waals surface area contributed by atoms with Crippen molar-refractivity contribution in [3.63, 3.8) is 0 Å². The van der Waals surface area contributed by atoms with E-state index in [9.17, 15) is 0 Å². The summed E-state index contributed by atoms with van der Waals surface area (Å²) in [7, 11) is 2.25. The zero-order chi connectivity index (χ0) is 12.1. The number of para-hydroxylation sites is 1. The summed E-state index contributed by atoms with van der Waals surface area (Å²) in [5.41, 5.74) is 6.06. The van der Waals surface area contributed by atoms with Crippen molar-refractivity contribution in [3.05, 3.63) is 65.2 Å². The number of hydrogen-bond acceptors (Lipinski definition) is 1. The number of fused-ring (bicyclic) bond motifs is 4. The molecule has 1 heterocycles. The summed E-state index contributed by atoms with van der Waals surface area (Å²) >= 11 is 0. The van der Waals surface area contributed by atoms with Crippen molar-refractivity contribution in [3.8, 4) is 0 Å². The molecule has 0 spiro atoms. The van der Waals surface area contributed by atoms with Gasteiger partial charge in [-0.25, -0.2) is 0 Å². The van der Waals surface area contributed by atoms with Crippen LogP contribution in [-0.2, 0) is 12.8 Å². The quantitative estimate of drug-likeness (QED) is 0.676. The lowest BCUT2D eigenvalue weighted by atomic mass is 9.79. The second-order valence-electron chi connectivity index (χ2n) is 5.52. The van der Waals surface area contributed by atoms with Crippen LogP contribution in [0.1, 0.15) is 22.6 Å². The Morgan fingerprint density at radius 3 is 2.39 bits per heavy atom. The van der Waals surface area contributed by atoms with Crippen LogP contribution in [0.5, 0.6) is 0 Å². The van der Waals surface area contributed by atoms with Gasteiger partial charge in [-0.05, 0) is 35.6 Å². The number of likely N-dealkylation sites (N-methyl/N-ethyl adjacent to an activating group) is 1. The van der Waals surface area contributed by atoms with Crippen molar-refractivity contribution < 1.29 is 0 Å². The summed E-state index contributed by atoms with van der Waals surface area (Å²) in [6.45, 7) is 0. The van der Waals surface area contributed by atoms with Crippen molar-refractivity contribution in [1.82, 2.24) is 0 Å². The van der Waals surface area contributed by atoms with Crippen molar-refractivity contribution in [2.75, 3.05) is 11.9 Å². The first-order chi connectivity index (χ1) is 8.84. The Labute approximate surface area is 108 Å². The molecular weight excluding hydrogens is 218 g/mol. The molecule has 2 aromatic rings. The van der Waals surface area contributed by atoms with Crippen molar-refractivity contribution >= 4 is 5.69 Å². The van der Waals surface area contributed by atoms with E-state index >= 15 is 0 Å². The van der Waals surface area contributed by atoms with E-state index in [2.05, 4.69) is 60.5 Å². The Bertz CT molecular complexity index is 602. The van der Waals surface area contributed by atoms with Gasteiger partial charge in [0.25, 0.3) is 0 Å². The average Bonchev–Trinajstić information content (AvgIpc) is 2.71. The molecule has 0 saturated carbocycles. The molecule has 2 unspecified atom stereocenters. The first-order valence-electron chi connectivity index (χ1n) is 6.73. The molecule has 90 valence electrons. The molecule has 0 radical (unpaired) electrons. The molecule has 0 amide bonds. The van der Waals surface area contributed by atoms with Crippen LogP contribution in [0.2, 0.25) is 0 Å². The Morgan fingerprint density at radius 2 is 1.56 bits per heavy atom. The monoisotopic (exact) mass is 235 g/mol. The topological polar surface area (TPSA) is 3.24 Å². The molecule has 0 bridgehead atoms. The van der Waals surface area contributed by atoms with Crippen LogP contribution in [0.25, 0.3) is 0 Å². The van der Waals surface area contributed by atoms with Gasteiger partial charge in [-0.2, -0.15) is 0 Å². The third kappa shape index (κ3) is 1.28. The highest BCUT2D eigenvalue weighted by Crippen LogP contribution is 2.45. The lowest BCUT2D eigenvalue weighted by Gasteiger charge is -2.32. The fourth-order valence-electron chi connectivity index (χ4n) is 3.72. The standard InChI is InChI=1S/C17H17N/c1-18-16-9-5-4-8-14(16)15-10-12-6-2-3-7-13(12)11-17(15)18/h2-9,15,17H,10-11H2,1H3. The maximum atomic E-state index is 2.48. The Morgan fingerprint density at radius 1 is 0.889 bits per heavy atom. The minimum atomic E-state index is 0.650. The van der Waals surface area contributed by atoms with E-state index in [0.29, 0.717) is 12.0 Å². The predicted molar refractivity (Wildman–Crippen MR) is 75.2 cm³/mol. The smallest absolute Gasteiger partial charge is 0.0402 e. The lowest BCUT2D eigenvalue weighted by Crippen LogP contribution is -2.36. The maximum Gasteiger partial charge on any atom is 0.0402 e. The predicted octanol–water partition coefficient (Wildman–Crippen LogP) is 3.39. The number of hydrogen-bond donors (Lipinski definition) is 0. The van der Waals surface area contributed by atoms with Crippen molar-refractivity contribution in [1.29, 1.82) is 0 Å². The molecule has 18 heavy (non-hydrogen) atoms. The van der Waals surface area contributed by atoms with Gasteiger partial charge in [0.15, 0.2) is 0 Å². The molecule has 0 N–H and O–H groups in total. The summed E-state index contributed by atoms with van der Waals surface area (Å²) in [6, 6.07) is 18.5. The van der Waals surface area contributed by atoms with Gasteiger partial charge < -0.3 is 4.90 Å². The largest absolute Gasteiger partial charge is 0.370 e. The van der Waals surface area contributed by atoms with Gasteiger partial charge in [0.1, 0.15) is 0 Å². The number of benzene rings is 2. The third-order valence-corrected chi connectivity index (χ3v) is 4.67. The Kier molecular flexibility index (Phi) is 2.05. The highest BCUT2D eigenvalue weighted by molar-refractivity contribution is 5.63. The third-order valence-electron chi connectivity index (χ3n) is 4.67. The minimum Gasteiger partial charge on any atom is -0.370 e. The van der Waals surface area contributed by atoms with Gasteiger partial charge in [0.2, 0.25) is 0 Å². The summed E-state index contributed by atoms with van der Waals surface area (Å²) in [4.78, 5) is 2.48. The molecule has 4 rings (SSSR count). The van der Waals surface area contributed by atoms with E-state index in [1.807, 2.05) is 0 Å². The Balaban J connectivity index is 1.83. The van der Waals surface area contributed by atoms with Gasteiger partial charge in [0.05, 0.1) is 0 Å². The summed E-state index contributed by atoms with van der Waals surface area (Å²) < 4.78 is 0. The molecule has 2 aromatic carbocycles. The van der Waals surface area contributed by atoms with E-state index in [1.165, 1.54) is 18.5 Å². The first kappa shape index (κ1) is 10.2. The molecule has 0 fully saturated rings. The molecule has 1 aliphatic carbocycles. The lowest BCUT2D eigenvalue weighted by molar-refractivity contribution is 0.509. The number of rotatable bonds is 0. The summed E-state index contributed by atoms with van der Waals surface area (Å²) in [5, 5.41) is 0. The van der Waals surface area contributed by atoms with Crippen molar-refractivity contribution in [2.45, 2.75) is 24.8 Å². The van der Waals surface area contributed by atoms with E-state index < -0.39 is 0 Å². The second kappa shape index (κ2) is 3.61. The second-order valence-corrected chi connectivity index (χ2v) is 5.52. The summed E-state index contributed by atoms with van der Waals surface area (Å²) in [6.07, 6.45) is 2.38. The molecule has 2 atom stereocenters. The molecular formula is C17H17N. The Hall–Kier alpha value is -1.76. The van der Waals surface area contributed by atoms with Crippen LogP contribution < -0.4 is 4.90 Å². The maximum absolute atomic E-state index is 2.48. The molecule has 1 nitrogen and oxygen atoms in total. The molecule has 2 aliphatic rings. The van der Waals surface area contributed by atoms with E-state index in [-0.39, 0.29) is 0 Å². The van der Waals surface area contributed by atoms with E-state index in [0.717, 1.165) is 0 Å². The fraction of sp³-hybridized carbons (Fsp3) is 0.294. The van der Waals surface area contributed by atoms with Gasteiger partial charge in [-0.15, -0.1) is 0 Å². The van der Waals surface area contributed by atoms with Gasteiger partial charge in [-0.1, -0.05) is 42.5 Å². The summed E-state index contributed by atoms with van der Waals surface area (Å²) in [5.74, 6) is 0.682. The average molecular weight is 235 g/mol. The van der Waals surface area contributed by atoms with Gasteiger partial charge in [-0.3, -0.25) is 0 Å². The first-order valence-corrected chi connectivity index (χ1v) is 6.73. The van der Waals surface area contributed by atoms with Crippen molar-refractivity contribution in [2.24, 2.45) is 0 Å². The van der Waals surface area contributed by atoms with Crippen LogP contribution >= 0.6 is 0 Å². The minimum absolute atomic E-state index is 0.650. The van der Waals surface area contributed by atoms with Gasteiger partial charge in [0, 0.05) is 24.7 Å². The molecule has 1 heteroatoms. The molecule has 1 aliphatic heterocycles. The van der Waals surface area contributed by atoms with Crippen LogP contribution in [0.15, 0.2) is 48.5 Å². The van der Waals surface area contributed by atoms with E-state index in [4.69, 9.17) is 0 Å². The van der Waals surface area contributed by atoms with Crippen LogP contribution in [0, 0.1) is 0 Å². The van der Waals surface area contributed by atoms with Crippen LogP contribution in [0.3, 0.4) is 0 Å². The van der Waals surface area contributed by atoms with Gasteiger partial charge >= 0.3 is 0 Å².